The number of amides is 1. The molecule has 0 unspecified atom stereocenters. The van der Waals surface area contributed by atoms with Gasteiger partial charge < -0.3 is 14.2 Å². The van der Waals surface area contributed by atoms with Crippen molar-refractivity contribution < 1.29 is 13.6 Å². The largest absolute Gasteiger partial charge is 0.450 e. The van der Waals surface area contributed by atoms with E-state index in [1.807, 2.05) is 19.9 Å². The van der Waals surface area contributed by atoms with Gasteiger partial charge in [-0.15, -0.1) is 0 Å². The molecule has 2 heterocycles. The molecular formula is C26H29FN2O3. The first kappa shape index (κ1) is 22.2. The molecule has 0 aliphatic carbocycles. The van der Waals surface area contributed by atoms with Gasteiger partial charge in [0.25, 0.3) is 5.91 Å². The Labute approximate surface area is 187 Å². The molecule has 0 saturated carbocycles. The second-order valence-electron chi connectivity index (χ2n) is 8.44. The normalized spacial score (nSPS) is 15.8. The Kier molecular flexibility index (Phi) is 6.15. The smallest absolute Gasteiger partial charge is 0.290 e. The first-order valence-electron chi connectivity index (χ1n) is 11.2. The highest BCUT2D eigenvalue weighted by Crippen LogP contribution is 2.38. The van der Waals surface area contributed by atoms with Crippen molar-refractivity contribution in [3.8, 4) is 0 Å². The van der Waals surface area contributed by atoms with Gasteiger partial charge in [-0.05, 0) is 80.9 Å². The van der Waals surface area contributed by atoms with Crippen LogP contribution in [0.4, 0.5) is 4.39 Å². The summed E-state index contributed by atoms with van der Waals surface area (Å²) in [6.07, 6.45) is 0.749. The van der Waals surface area contributed by atoms with Crippen LogP contribution in [0.5, 0.6) is 0 Å². The van der Waals surface area contributed by atoms with Crippen molar-refractivity contribution >= 4 is 16.9 Å². The third kappa shape index (κ3) is 3.84. The van der Waals surface area contributed by atoms with E-state index in [-0.39, 0.29) is 17.1 Å². The average molecular weight is 437 g/mol. The number of carbonyl (C=O) groups excluding carboxylic acids is 1. The van der Waals surface area contributed by atoms with Gasteiger partial charge in [0.15, 0.2) is 5.43 Å². The van der Waals surface area contributed by atoms with Crippen LogP contribution in [0.25, 0.3) is 11.0 Å². The Bertz CT molecular complexity index is 1230. The van der Waals surface area contributed by atoms with Crippen LogP contribution in [0.15, 0.2) is 45.6 Å². The fourth-order valence-electron chi connectivity index (χ4n) is 4.53. The lowest BCUT2D eigenvalue weighted by Gasteiger charge is -2.26. The molecule has 5 nitrogen and oxygen atoms in total. The standard InChI is InChI=1S/C26H29FN2O3/c1-5-28(6-2)11-8-12-29-23(18-9-7-10-19(27)15-18)22-24(30)20-13-16(3)17(4)14-21(20)32-25(22)26(29)31/h7,9-10,13-15,23H,5-6,8,11-12H2,1-4H3/t23-/m0/s1. The molecule has 6 heteroatoms. The van der Waals surface area contributed by atoms with Crippen LogP contribution in [0.1, 0.15) is 59.1 Å². The van der Waals surface area contributed by atoms with E-state index in [2.05, 4.69) is 18.7 Å². The van der Waals surface area contributed by atoms with Gasteiger partial charge >= 0.3 is 0 Å². The maximum atomic E-state index is 14.1. The number of hydrogen-bond acceptors (Lipinski definition) is 4. The zero-order chi connectivity index (χ0) is 23.0. The van der Waals surface area contributed by atoms with E-state index in [1.54, 1.807) is 23.1 Å². The predicted molar refractivity (Wildman–Crippen MR) is 124 cm³/mol. The van der Waals surface area contributed by atoms with E-state index in [9.17, 15) is 14.0 Å². The molecule has 1 aliphatic heterocycles. The van der Waals surface area contributed by atoms with Crippen molar-refractivity contribution in [1.82, 2.24) is 9.80 Å². The summed E-state index contributed by atoms with van der Waals surface area (Å²) < 4.78 is 20.1. The van der Waals surface area contributed by atoms with E-state index < -0.39 is 11.9 Å². The summed E-state index contributed by atoms with van der Waals surface area (Å²) in [5.41, 5.74) is 3.04. The van der Waals surface area contributed by atoms with Crippen molar-refractivity contribution in [2.75, 3.05) is 26.2 Å². The molecule has 32 heavy (non-hydrogen) atoms. The van der Waals surface area contributed by atoms with Gasteiger partial charge in [-0.3, -0.25) is 9.59 Å². The third-order valence-electron chi connectivity index (χ3n) is 6.51. The first-order valence-corrected chi connectivity index (χ1v) is 11.2. The van der Waals surface area contributed by atoms with Crippen molar-refractivity contribution in [3.63, 3.8) is 0 Å². The number of nitrogens with zero attached hydrogens (tertiary/aromatic N) is 2. The quantitative estimate of drug-likeness (QED) is 0.533. The molecule has 0 spiro atoms. The molecular weight excluding hydrogens is 407 g/mol. The number of halogens is 1. The molecule has 168 valence electrons. The average Bonchev–Trinajstić information content (AvgIpc) is 3.05. The highest BCUT2D eigenvalue weighted by atomic mass is 19.1. The van der Waals surface area contributed by atoms with E-state index in [0.717, 1.165) is 37.2 Å². The maximum absolute atomic E-state index is 14.1. The summed E-state index contributed by atoms with van der Waals surface area (Å²) in [4.78, 5) is 30.9. The first-order chi connectivity index (χ1) is 15.3. The lowest BCUT2D eigenvalue weighted by atomic mass is 9.97. The third-order valence-corrected chi connectivity index (χ3v) is 6.51. The zero-order valence-corrected chi connectivity index (χ0v) is 19.1. The minimum Gasteiger partial charge on any atom is -0.450 e. The van der Waals surface area contributed by atoms with Crippen LogP contribution in [0, 0.1) is 19.7 Å². The van der Waals surface area contributed by atoms with Crippen molar-refractivity contribution in [2.45, 2.75) is 40.2 Å². The van der Waals surface area contributed by atoms with E-state index in [1.165, 1.54) is 12.1 Å². The van der Waals surface area contributed by atoms with Crippen molar-refractivity contribution in [1.29, 1.82) is 0 Å². The van der Waals surface area contributed by atoms with Gasteiger partial charge in [0.2, 0.25) is 5.76 Å². The molecule has 0 N–H and O–H groups in total. The molecule has 1 aromatic heterocycles. The Morgan fingerprint density at radius 1 is 1.06 bits per heavy atom. The molecule has 0 saturated heterocycles. The minimum atomic E-state index is -0.660. The molecule has 0 bridgehead atoms. The van der Waals surface area contributed by atoms with E-state index in [4.69, 9.17) is 4.42 Å². The second kappa shape index (κ2) is 8.87. The summed E-state index contributed by atoms with van der Waals surface area (Å²) >= 11 is 0. The fourth-order valence-corrected chi connectivity index (χ4v) is 4.53. The summed E-state index contributed by atoms with van der Waals surface area (Å²) in [5.74, 6) is -0.642. The van der Waals surface area contributed by atoms with Crippen LogP contribution in [0.3, 0.4) is 0 Å². The number of carbonyl (C=O) groups is 1. The van der Waals surface area contributed by atoms with Gasteiger partial charge in [0, 0.05) is 6.54 Å². The molecule has 3 aromatic rings. The van der Waals surface area contributed by atoms with Crippen molar-refractivity contribution in [3.05, 3.63) is 80.5 Å². The highest BCUT2D eigenvalue weighted by molar-refractivity contribution is 5.99. The van der Waals surface area contributed by atoms with Crippen molar-refractivity contribution in [2.24, 2.45) is 0 Å². The predicted octanol–water partition coefficient (Wildman–Crippen LogP) is 4.83. The topological polar surface area (TPSA) is 53.8 Å². The van der Waals surface area contributed by atoms with Gasteiger partial charge in [-0.25, -0.2) is 4.39 Å². The summed E-state index contributed by atoms with van der Waals surface area (Å²) in [6.45, 7) is 11.3. The van der Waals surface area contributed by atoms with E-state index in [0.29, 0.717) is 28.6 Å². The molecule has 0 radical (unpaired) electrons. The molecule has 2 aromatic carbocycles. The Hall–Kier alpha value is -2.99. The Balaban J connectivity index is 1.83. The number of aryl methyl sites for hydroxylation is 2. The fraction of sp³-hybridized carbons (Fsp3) is 0.385. The number of fused-ring (bicyclic) bond motifs is 2. The molecule has 4 rings (SSSR count). The van der Waals surface area contributed by atoms with Gasteiger partial charge in [-0.2, -0.15) is 0 Å². The molecule has 1 aliphatic rings. The SMILES string of the molecule is CCN(CC)CCCN1C(=O)c2oc3cc(C)c(C)cc3c(=O)c2[C@@H]1c1cccc(F)c1. The summed E-state index contributed by atoms with van der Waals surface area (Å²) in [5, 5.41) is 0.450. The highest BCUT2D eigenvalue weighted by Gasteiger charge is 2.42. The number of benzene rings is 2. The van der Waals surface area contributed by atoms with E-state index >= 15 is 0 Å². The second-order valence-corrected chi connectivity index (χ2v) is 8.44. The Morgan fingerprint density at radius 2 is 1.78 bits per heavy atom. The molecule has 1 atom stereocenters. The Morgan fingerprint density at radius 3 is 2.47 bits per heavy atom. The number of rotatable bonds is 7. The number of hydrogen-bond donors (Lipinski definition) is 0. The zero-order valence-electron chi connectivity index (χ0n) is 19.1. The summed E-state index contributed by atoms with van der Waals surface area (Å²) in [6, 6.07) is 9.09. The van der Waals surface area contributed by atoms with Gasteiger partial charge in [0.05, 0.1) is 17.0 Å². The lowest BCUT2D eigenvalue weighted by molar-refractivity contribution is 0.0720. The summed E-state index contributed by atoms with van der Waals surface area (Å²) in [7, 11) is 0. The van der Waals surface area contributed by atoms with Crippen LogP contribution in [-0.2, 0) is 0 Å². The van der Waals surface area contributed by atoms with Crippen LogP contribution >= 0.6 is 0 Å². The van der Waals surface area contributed by atoms with Crippen LogP contribution in [-0.4, -0.2) is 41.9 Å². The van der Waals surface area contributed by atoms with Gasteiger partial charge in [-0.1, -0.05) is 26.0 Å². The van der Waals surface area contributed by atoms with Crippen LogP contribution < -0.4 is 5.43 Å². The monoisotopic (exact) mass is 436 g/mol. The maximum Gasteiger partial charge on any atom is 0.290 e. The molecule has 0 fully saturated rings. The van der Waals surface area contributed by atoms with Crippen LogP contribution in [0.2, 0.25) is 0 Å². The van der Waals surface area contributed by atoms with Gasteiger partial charge in [0.1, 0.15) is 11.4 Å². The minimum absolute atomic E-state index is 0.0721. The molecule has 1 amide bonds. The lowest BCUT2D eigenvalue weighted by Crippen LogP contribution is -2.33.